The highest BCUT2D eigenvalue weighted by Gasteiger charge is 2.15. The molecule has 1 N–H and O–H groups in total. The fraction of sp³-hybridized carbons (Fsp3) is 0.778. The quantitative estimate of drug-likeness (QED) is 0.582. The van der Waals surface area contributed by atoms with E-state index >= 15 is 0 Å². The number of aliphatic hydroxyl groups is 1. The van der Waals surface area contributed by atoms with E-state index in [0.717, 1.165) is 0 Å². The molecule has 1 aliphatic rings. The molecule has 0 saturated heterocycles. The minimum Gasteiger partial charge on any atom is -0.396 e. The normalized spacial score (nSPS) is 21.9. The van der Waals surface area contributed by atoms with Crippen molar-refractivity contribution < 1.29 is 5.11 Å². The van der Waals surface area contributed by atoms with Gasteiger partial charge in [-0.15, -0.1) is 0 Å². The van der Waals surface area contributed by atoms with Gasteiger partial charge in [0, 0.05) is 12.5 Å². The number of hydrogen-bond acceptors (Lipinski definition) is 1. The minimum atomic E-state index is 0.312. The van der Waals surface area contributed by atoms with Crippen LogP contribution in [0.2, 0.25) is 0 Å². The maximum Gasteiger partial charge on any atom is 0.0493 e. The van der Waals surface area contributed by atoms with Crippen LogP contribution in [0.1, 0.15) is 33.1 Å². The number of rotatable bonds is 2. The van der Waals surface area contributed by atoms with E-state index in [1.54, 1.807) is 0 Å². The van der Waals surface area contributed by atoms with Crippen LogP contribution in [0.5, 0.6) is 0 Å². The lowest BCUT2D eigenvalue weighted by Gasteiger charge is -2.09. The van der Waals surface area contributed by atoms with Crippen molar-refractivity contribution in [3.05, 3.63) is 11.1 Å². The third-order valence-corrected chi connectivity index (χ3v) is 2.41. The highest BCUT2D eigenvalue weighted by Crippen LogP contribution is 2.30. The molecule has 0 aromatic heterocycles. The van der Waals surface area contributed by atoms with Gasteiger partial charge in [0.15, 0.2) is 0 Å². The van der Waals surface area contributed by atoms with Gasteiger partial charge in [-0.1, -0.05) is 18.1 Å². The molecule has 0 amide bonds. The first-order valence-corrected chi connectivity index (χ1v) is 4.05. The Balaban J connectivity index is 2.61. The third-order valence-electron chi connectivity index (χ3n) is 2.41. The van der Waals surface area contributed by atoms with Crippen LogP contribution in [0, 0.1) is 5.92 Å². The lowest BCUT2D eigenvalue weighted by Crippen LogP contribution is -2.03. The number of aliphatic hydroxyl groups excluding tert-OH is 1. The summed E-state index contributed by atoms with van der Waals surface area (Å²) in [5, 5.41) is 8.88. The average molecular weight is 140 g/mol. The summed E-state index contributed by atoms with van der Waals surface area (Å²) in [6.45, 7) is 4.60. The molecule has 0 aliphatic heterocycles. The Hall–Kier alpha value is -0.300. The van der Waals surface area contributed by atoms with Gasteiger partial charge in [0.05, 0.1) is 0 Å². The molecular formula is C9H16O. The first kappa shape index (κ1) is 7.80. The summed E-state index contributed by atoms with van der Waals surface area (Å²) in [5.74, 6) is 0.405. The second-order valence-electron chi connectivity index (χ2n) is 3.24. The second-order valence-corrected chi connectivity index (χ2v) is 3.24. The largest absolute Gasteiger partial charge is 0.396 e. The zero-order chi connectivity index (χ0) is 7.56. The van der Waals surface area contributed by atoms with E-state index in [4.69, 9.17) is 5.11 Å². The lowest BCUT2D eigenvalue weighted by atomic mass is 9.99. The summed E-state index contributed by atoms with van der Waals surface area (Å²) in [4.78, 5) is 0. The Morgan fingerprint density at radius 1 is 1.50 bits per heavy atom. The van der Waals surface area contributed by atoms with Crippen LogP contribution in [-0.2, 0) is 0 Å². The van der Waals surface area contributed by atoms with Crippen LogP contribution < -0.4 is 0 Å². The molecular weight excluding hydrogens is 124 g/mol. The first-order valence-electron chi connectivity index (χ1n) is 4.05. The molecule has 0 aromatic rings. The van der Waals surface area contributed by atoms with Gasteiger partial charge in [0.25, 0.3) is 0 Å². The summed E-state index contributed by atoms with van der Waals surface area (Å²) in [7, 11) is 0. The summed E-state index contributed by atoms with van der Waals surface area (Å²) in [6, 6.07) is 0. The zero-order valence-electron chi connectivity index (χ0n) is 6.85. The van der Waals surface area contributed by atoms with Gasteiger partial charge >= 0.3 is 0 Å². The fourth-order valence-electron chi connectivity index (χ4n) is 1.70. The SMILES string of the molecule is CC1=C(C(C)CO)CCC1. The van der Waals surface area contributed by atoms with E-state index in [2.05, 4.69) is 13.8 Å². The molecule has 0 aromatic carbocycles. The Labute approximate surface area is 62.8 Å². The van der Waals surface area contributed by atoms with Crippen molar-refractivity contribution in [2.45, 2.75) is 33.1 Å². The molecule has 1 rings (SSSR count). The molecule has 1 heteroatoms. The smallest absolute Gasteiger partial charge is 0.0493 e. The standard InChI is InChI=1S/C9H16O/c1-7-4-3-5-9(7)8(2)6-10/h8,10H,3-6H2,1-2H3. The second kappa shape index (κ2) is 3.20. The molecule has 0 heterocycles. The highest BCUT2D eigenvalue weighted by atomic mass is 16.3. The first-order chi connectivity index (χ1) is 4.75. The van der Waals surface area contributed by atoms with E-state index in [1.807, 2.05) is 0 Å². The Morgan fingerprint density at radius 2 is 2.20 bits per heavy atom. The van der Waals surface area contributed by atoms with Crippen molar-refractivity contribution >= 4 is 0 Å². The van der Waals surface area contributed by atoms with Crippen LogP contribution in [0.15, 0.2) is 11.1 Å². The topological polar surface area (TPSA) is 20.2 Å². The molecule has 58 valence electrons. The van der Waals surface area contributed by atoms with Gasteiger partial charge < -0.3 is 5.11 Å². The molecule has 0 bridgehead atoms. The predicted octanol–water partition coefficient (Wildman–Crippen LogP) is 2.12. The van der Waals surface area contributed by atoms with E-state index in [1.165, 1.54) is 30.4 Å². The summed E-state index contributed by atoms with van der Waals surface area (Å²) in [5.41, 5.74) is 3.02. The molecule has 0 spiro atoms. The maximum atomic E-state index is 8.88. The van der Waals surface area contributed by atoms with Gasteiger partial charge in [0.1, 0.15) is 0 Å². The van der Waals surface area contributed by atoms with Crippen molar-refractivity contribution in [2.75, 3.05) is 6.61 Å². The number of allylic oxidation sites excluding steroid dienone is 1. The van der Waals surface area contributed by atoms with E-state index in [0.29, 0.717) is 12.5 Å². The van der Waals surface area contributed by atoms with Crippen molar-refractivity contribution in [3.8, 4) is 0 Å². The summed E-state index contributed by atoms with van der Waals surface area (Å²) < 4.78 is 0. The molecule has 0 radical (unpaired) electrons. The lowest BCUT2D eigenvalue weighted by molar-refractivity contribution is 0.254. The van der Waals surface area contributed by atoms with Gasteiger partial charge in [-0.2, -0.15) is 0 Å². The fourth-order valence-corrected chi connectivity index (χ4v) is 1.70. The molecule has 1 nitrogen and oxygen atoms in total. The Morgan fingerprint density at radius 3 is 2.60 bits per heavy atom. The monoisotopic (exact) mass is 140 g/mol. The summed E-state index contributed by atoms with van der Waals surface area (Å²) in [6.07, 6.45) is 3.76. The highest BCUT2D eigenvalue weighted by molar-refractivity contribution is 5.19. The average Bonchev–Trinajstić information content (AvgIpc) is 2.34. The summed E-state index contributed by atoms with van der Waals surface area (Å²) >= 11 is 0. The molecule has 10 heavy (non-hydrogen) atoms. The van der Waals surface area contributed by atoms with Crippen LogP contribution in [0.4, 0.5) is 0 Å². The molecule has 1 unspecified atom stereocenters. The third kappa shape index (κ3) is 1.40. The van der Waals surface area contributed by atoms with Crippen molar-refractivity contribution in [3.63, 3.8) is 0 Å². The molecule has 1 aliphatic carbocycles. The molecule has 0 saturated carbocycles. The van der Waals surface area contributed by atoms with Gasteiger partial charge in [-0.05, 0) is 26.2 Å². The zero-order valence-corrected chi connectivity index (χ0v) is 6.85. The van der Waals surface area contributed by atoms with Crippen LogP contribution in [0.3, 0.4) is 0 Å². The van der Waals surface area contributed by atoms with Crippen LogP contribution in [0.25, 0.3) is 0 Å². The molecule has 0 fully saturated rings. The van der Waals surface area contributed by atoms with E-state index in [-0.39, 0.29) is 0 Å². The van der Waals surface area contributed by atoms with Gasteiger partial charge in [-0.25, -0.2) is 0 Å². The van der Waals surface area contributed by atoms with E-state index in [9.17, 15) is 0 Å². The minimum absolute atomic E-state index is 0.312. The van der Waals surface area contributed by atoms with Gasteiger partial charge in [0.2, 0.25) is 0 Å². The van der Waals surface area contributed by atoms with Crippen LogP contribution >= 0.6 is 0 Å². The van der Waals surface area contributed by atoms with Crippen LogP contribution in [-0.4, -0.2) is 11.7 Å². The van der Waals surface area contributed by atoms with Gasteiger partial charge in [-0.3, -0.25) is 0 Å². The molecule has 1 atom stereocenters. The van der Waals surface area contributed by atoms with E-state index < -0.39 is 0 Å². The Kier molecular flexibility index (Phi) is 2.50. The van der Waals surface area contributed by atoms with Crippen molar-refractivity contribution in [2.24, 2.45) is 5.92 Å². The van der Waals surface area contributed by atoms with Crippen molar-refractivity contribution in [1.29, 1.82) is 0 Å². The number of hydrogen-bond donors (Lipinski definition) is 1. The maximum absolute atomic E-state index is 8.88. The van der Waals surface area contributed by atoms with Crippen molar-refractivity contribution in [1.82, 2.24) is 0 Å². The Bertz CT molecular complexity index is 147. The predicted molar refractivity (Wildman–Crippen MR) is 42.8 cm³/mol.